The number of rotatable bonds is 6. The molecule has 29 heavy (non-hydrogen) atoms. The molecule has 4 aromatic rings. The Kier molecular flexibility index (Phi) is 5.82. The second kappa shape index (κ2) is 9.03. The highest BCUT2D eigenvalue weighted by Crippen LogP contribution is 2.20. The topological polar surface area (TPSA) is 26.3 Å². The Hall–Kier alpha value is -3.65. The monoisotopic (exact) mass is 378 g/mol. The number of ether oxygens (including phenoxy) is 1. The van der Waals surface area contributed by atoms with Crippen molar-refractivity contribution in [2.75, 3.05) is 0 Å². The highest BCUT2D eigenvalue weighted by atomic mass is 16.5. The molecule has 0 radical (unpaired) electrons. The van der Waals surface area contributed by atoms with Gasteiger partial charge in [-0.1, -0.05) is 84.9 Å². The number of benzene rings is 4. The largest absolute Gasteiger partial charge is 0.423 e. The van der Waals surface area contributed by atoms with Crippen molar-refractivity contribution in [1.29, 1.82) is 0 Å². The van der Waals surface area contributed by atoms with E-state index in [9.17, 15) is 4.79 Å². The molecular weight excluding hydrogens is 356 g/mol. The predicted octanol–water partition coefficient (Wildman–Crippen LogP) is 6.36. The van der Waals surface area contributed by atoms with E-state index in [1.54, 1.807) is 12.1 Å². The van der Waals surface area contributed by atoms with Crippen LogP contribution in [0.2, 0.25) is 0 Å². The molecule has 0 saturated heterocycles. The third-order valence-corrected chi connectivity index (χ3v) is 4.91. The van der Waals surface area contributed by atoms with Crippen molar-refractivity contribution in [3.8, 4) is 16.9 Å². The van der Waals surface area contributed by atoms with Crippen molar-refractivity contribution >= 4 is 5.97 Å². The molecular formula is C27H22O2. The number of aryl methyl sites for hydroxylation is 2. The summed E-state index contributed by atoms with van der Waals surface area (Å²) in [4.78, 5) is 12.2. The van der Waals surface area contributed by atoms with Crippen LogP contribution in [-0.2, 0) is 12.8 Å². The Balaban J connectivity index is 1.34. The molecule has 2 heteroatoms. The van der Waals surface area contributed by atoms with Crippen molar-refractivity contribution < 1.29 is 9.53 Å². The van der Waals surface area contributed by atoms with E-state index in [1.807, 2.05) is 48.5 Å². The Morgan fingerprint density at radius 3 is 1.62 bits per heavy atom. The van der Waals surface area contributed by atoms with Crippen LogP contribution in [0.25, 0.3) is 11.1 Å². The van der Waals surface area contributed by atoms with Gasteiger partial charge in [-0.05, 0) is 59.4 Å². The van der Waals surface area contributed by atoms with E-state index >= 15 is 0 Å². The lowest BCUT2D eigenvalue weighted by Crippen LogP contribution is -2.08. The summed E-state index contributed by atoms with van der Waals surface area (Å²) in [5, 5.41) is 0. The molecule has 142 valence electrons. The molecule has 0 N–H and O–H groups in total. The molecule has 0 spiro atoms. The highest BCUT2D eigenvalue weighted by Gasteiger charge is 2.08. The first-order chi connectivity index (χ1) is 14.3. The van der Waals surface area contributed by atoms with Crippen LogP contribution < -0.4 is 4.74 Å². The van der Waals surface area contributed by atoms with Crippen molar-refractivity contribution in [1.82, 2.24) is 0 Å². The zero-order valence-corrected chi connectivity index (χ0v) is 16.1. The van der Waals surface area contributed by atoms with Crippen LogP contribution in [0.4, 0.5) is 0 Å². The van der Waals surface area contributed by atoms with E-state index in [1.165, 1.54) is 22.3 Å². The van der Waals surface area contributed by atoms with Gasteiger partial charge in [-0.15, -0.1) is 0 Å². The first-order valence-electron chi connectivity index (χ1n) is 9.78. The van der Waals surface area contributed by atoms with E-state index in [4.69, 9.17) is 4.74 Å². The van der Waals surface area contributed by atoms with Gasteiger partial charge < -0.3 is 4.74 Å². The number of para-hydroxylation sites is 1. The van der Waals surface area contributed by atoms with Crippen molar-refractivity contribution in [3.05, 3.63) is 126 Å². The third kappa shape index (κ3) is 4.99. The minimum atomic E-state index is -0.334. The number of carbonyl (C=O) groups excluding carboxylic acids is 1. The fraction of sp³-hybridized carbons (Fsp3) is 0.0741. The molecule has 2 nitrogen and oxygen atoms in total. The maximum atomic E-state index is 12.2. The number of hydrogen-bond donors (Lipinski definition) is 0. The minimum absolute atomic E-state index is 0.334. The fourth-order valence-corrected chi connectivity index (χ4v) is 3.25. The highest BCUT2D eigenvalue weighted by molar-refractivity contribution is 5.91. The molecule has 0 aliphatic rings. The normalized spacial score (nSPS) is 10.5. The molecule has 4 rings (SSSR count). The Morgan fingerprint density at radius 1 is 0.552 bits per heavy atom. The summed E-state index contributed by atoms with van der Waals surface area (Å²) >= 11 is 0. The molecule has 0 aromatic heterocycles. The lowest BCUT2D eigenvalue weighted by atomic mass is 10.00. The number of hydrogen-bond acceptors (Lipinski definition) is 2. The van der Waals surface area contributed by atoms with Crippen LogP contribution in [-0.4, -0.2) is 5.97 Å². The predicted molar refractivity (Wildman–Crippen MR) is 117 cm³/mol. The van der Waals surface area contributed by atoms with E-state index in [-0.39, 0.29) is 5.97 Å². The smallest absolute Gasteiger partial charge is 0.343 e. The maximum Gasteiger partial charge on any atom is 0.343 e. The van der Waals surface area contributed by atoms with Gasteiger partial charge in [0.15, 0.2) is 0 Å². The summed E-state index contributed by atoms with van der Waals surface area (Å²) in [6, 6.07) is 35.9. The summed E-state index contributed by atoms with van der Waals surface area (Å²) < 4.78 is 5.38. The fourth-order valence-electron chi connectivity index (χ4n) is 3.25. The molecule has 0 amide bonds. The molecule has 0 aliphatic heterocycles. The Bertz CT molecular complexity index is 1050. The van der Waals surface area contributed by atoms with Gasteiger partial charge in [0.2, 0.25) is 0 Å². The summed E-state index contributed by atoms with van der Waals surface area (Å²) in [6.07, 6.45) is 1.89. The van der Waals surface area contributed by atoms with E-state index in [2.05, 4.69) is 48.5 Å². The Labute approximate surface area is 171 Å². The van der Waals surface area contributed by atoms with Crippen molar-refractivity contribution in [3.63, 3.8) is 0 Å². The number of esters is 1. The molecule has 0 heterocycles. The second-order valence-corrected chi connectivity index (χ2v) is 6.96. The summed E-state index contributed by atoms with van der Waals surface area (Å²) in [7, 11) is 0. The SMILES string of the molecule is O=C(Oc1ccccc1)c1ccc(CCc2ccc(-c3ccccc3)cc2)cc1. The first-order valence-corrected chi connectivity index (χ1v) is 9.78. The van der Waals surface area contributed by atoms with Gasteiger partial charge in [0, 0.05) is 0 Å². The van der Waals surface area contributed by atoms with Gasteiger partial charge in [-0.3, -0.25) is 0 Å². The lowest BCUT2D eigenvalue weighted by Gasteiger charge is -2.07. The maximum absolute atomic E-state index is 12.2. The molecule has 0 saturated carbocycles. The van der Waals surface area contributed by atoms with Crippen LogP contribution in [0.5, 0.6) is 5.75 Å². The molecule has 0 bridgehead atoms. The third-order valence-electron chi connectivity index (χ3n) is 4.91. The molecule has 0 aliphatic carbocycles. The summed E-state index contributed by atoms with van der Waals surface area (Å²) in [6.45, 7) is 0. The van der Waals surface area contributed by atoms with Crippen molar-refractivity contribution in [2.24, 2.45) is 0 Å². The standard InChI is InChI=1S/C27H22O2/c28-27(29-26-9-5-2-6-10-26)25-19-15-22(16-20-25)12-11-21-13-17-24(18-14-21)23-7-3-1-4-8-23/h1-10,13-20H,11-12H2. The zero-order chi connectivity index (χ0) is 19.9. The van der Waals surface area contributed by atoms with Gasteiger partial charge in [-0.2, -0.15) is 0 Å². The van der Waals surface area contributed by atoms with Crippen LogP contribution in [0.3, 0.4) is 0 Å². The van der Waals surface area contributed by atoms with Crippen LogP contribution >= 0.6 is 0 Å². The average Bonchev–Trinajstić information content (AvgIpc) is 2.80. The lowest BCUT2D eigenvalue weighted by molar-refractivity contribution is 0.0735. The van der Waals surface area contributed by atoms with Crippen molar-refractivity contribution in [2.45, 2.75) is 12.8 Å². The summed E-state index contributed by atoms with van der Waals surface area (Å²) in [5.74, 6) is 0.222. The quantitative estimate of drug-likeness (QED) is 0.288. The average molecular weight is 378 g/mol. The first kappa shape index (κ1) is 18.7. The molecule has 4 aromatic carbocycles. The summed E-state index contributed by atoms with van der Waals surface area (Å²) in [5.41, 5.74) is 5.53. The Morgan fingerprint density at radius 2 is 1.03 bits per heavy atom. The van der Waals surface area contributed by atoms with Crippen LogP contribution in [0, 0.1) is 0 Å². The van der Waals surface area contributed by atoms with E-state index in [0.717, 1.165) is 12.8 Å². The van der Waals surface area contributed by atoms with E-state index in [0.29, 0.717) is 11.3 Å². The number of carbonyl (C=O) groups is 1. The van der Waals surface area contributed by atoms with E-state index < -0.39 is 0 Å². The minimum Gasteiger partial charge on any atom is -0.423 e. The zero-order valence-electron chi connectivity index (χ0n) is 16.1. The van der Waals surface area contributed by atoms with Gasteiger partial charge in [-0.25, -0.2) is 4.79 Å². The van der Waals surface area contributed by atoms with Gasteiger partial charge in [0.05, 0.1) is 5.56 Å². The molecule has 0 fully saturated rings. The molecule has 0 atom stereocenters. The molecule has 0 unspecified atom stereocenters. The van der Waals surface area contributed by atoms with Gasteiger partial charge in [0.25, 0.3) is 0 Å². The van der Waals surface area contributed by atoms with Crippen LogP contribution in [0.15, 0.2) is 109 Å². The van der Waals surface area contributed by atoms with Crippen LogP contribution in [0.1, 0.15) is 21.5 Å². The van der Waals surface area contributed by atoms with Gasteiger partial charge in [0.1, 0.15) is 5.75 Å². The second-order valence-electron chi connectivity index (χ2n) is 6.96. The van der Waals surface area contributed by atoms with Gasteiger partial charge >= 0.3 is 5.97 Å².